The highest BCUT2D eigenvalue weighted by Gasteiger charge is 2.23. The minimum absolute atomic E-state index is 0.267. The van der Waals surface area contributed by atoms with Crippen LogP contribution in [0.25, 0.3) is 11.1 Å². The van der Waals surface area contributed by atoms with Gasteiger partial charge in [0.15, 0.2) is 0 Å². The Labute approximate surface area is 148 Å². The van der Waals surface area contributed by atoms with E-state index in [1.165, 1.54) is 0 Å². The summed E-state index contributed by atoms with van der Waals surface area (Å²) in [6, 6.07) is 20.2. The first-order valence-corrected chi connectivity index (χ1v) is 8.73. The topological polar surface area (TPSA) is 31.2 Å². The Morgan fingerprint density at radius 3 is 2.20 bits per heavy atom. The molecule has 0 unspecified atom stereocenters. The van der Waals surface area contributed by atoms with E-state index in [-0.39, 0.29) is 5.97 Å². The van der Waals surface area contributed by atoms with Gasteiger partial charge in [-0.15, -0.1) is 0 Å². The molecular formula is C22H23NO2. The first-order valence-electron chi connectivity index (χ1n) is 8.73. The van der Waals surface area contributed by atoms with Crippen molar-refractivity contribution in [3.63, 3.8) is 0 Å². The molecule has 0 saturated carbocycles. The smallest absolute Gasteiger partial charge is 0.355 e. The standard InChI is InChI=1S/C22H23NO2/c1-3-18-16-23(15-17-11-7-5-8-12-17)21(22(24)25-4-2)20(18)19-13-9-6-10-14-19/h5-14,16H,3-4,15H2,1-2H3. The third-order valence-electron chi connectivity index (χ3n) is 4.26. The van der Waals surface area contributed by atoms with E-state index in [4.69, 9.17) is 4.74 Å². The number of hydrogen-bond donors (Lipinski definition) is 0. The lowest BCUT2D eigenvalue weighted by molar-refractivity contribution is 0.0515. The highest BCUT2D eigenvalue weighted by Crippen LogP contribution is 2.31. The van der Waals surface area contributed by atoms with Crippen LogP contribution in [0.2, 0.25) is 0 Å². The average molecular weight is 333 g/mol. The Morgan fingerprint density at radius 1 is 0.960 bits per heavy atom. The minimum Gasteiger partial charge on any atom is -0.461 e. The lowest BCUT2D eigenvalue weighted by atomic mass is 10.00. The van der Waals surface area contributed by atoms with Crippen molar-refractivity contribution < 1.29 is 9.53 Å². The molecule has 3 nitrogen and oxygen atoms in total. The summed E-state index contributed by atoms with van der Waals surface area (Å²) in [7, 11) is 0. The number of carbonyl (C=O) groups is 1. The van der Waals surface area contributed by atoms with E-state index in [0.29, 0.717) is 18.8 Å². The van der Waals surface area contributed by atoms with Crippen molar-refractivity contribution in [2.45, 2.75) is 26.8 Å². The Hall–Kier alpha value is -2.81. The number of aromatic nitrogens is 1. The molecule has 3 heteroatoms. The summed E-state index contributed by atoms with van der Waals surface area (Å²) in [5.41, 5.74) is 4.98. The minimum atomic E-state index is -0.267. The Bertz CT molecular complexity index is 835. The highest BCUT2D eigenvalue weighted by molar-refractivity contribution is 5.97. The van der Waals surface area contributed by atoms with Gasteiger partial charge in [0, 0.05) is 18.3 Å². The average Bonchev–Trinajstić information content (AvgIpc) is 3.02. The molecule has 0 radical (unpaired) electrons. The van der Waals surface area contributed by atoms with Gasteiger partial charge in [-0.05, 0) is 30.0 Å². The Morgan fingerprint density at radius 2 is 1.60 bits per heavy atom. The summed E-state index contributed by atoms with van der Waals surface area (Å²) in [5.74, 6) is -0.267. The maximum absolute atomic E-state index is 12.7. The highest BCUT2D eigenvalue weighted by atomic mass is 16.5. The van der Waals surface area contributed by atoms with Crippen molar-refractivity contribution in [1.82, 2.24) is 4.57 Å². The van der Waals surface area contributed by atoms with Gasteiger partial charge in [0.1, 0.15) is 5.69 Å². The summed E-state index contributed by atoms with van der Waals surface area (Å²) in [4.78, 5) is 12.7. The van der Waals surface area contributed by atoms with Gasteiger partial charge in [-0.25, -0.2) is 4.79 Å². The molecule has 3 rings (SSSR count). The predicted molar refractivity (Wildman–Crippen MR) is 101 cm³/mol. The zero-order valence-electron chi connectivity index (χ0n) is 14.7. The van der Waals surface area contributed by atoms with Crippen molar-refractivity contribution in [1.29, 1.82) is 0 Å². The number of benzene rings is 2. The number of rotatable bonds is 6. The van der Waals surface area contributed by atoms with Crippen LogP contribution in [-0.2, 0) is 17.7 Å². The van der Waals surface area contributed by atoms with Gasteiger partial charge in [0.25, 0.3) is 0 Å². The first-order chi connectivity index (χ1) is 12.2. The monoisotopic (exact) mass is 333 g/mol. The second-order valence-corrected chi connectivity index (χ2v) is 5.93. The molecule has 0 aliphatic heterocycles. The SMILES string of the molecule is CCOC(=O)c1c(-c2ccccc2)c(CC)cn1Cc1ccccc1. The summed E-state index contributed by atoms with van der Waals surface area (Å²) < 4.78 is 7.39. The van der Waals surface area contributed by atoms with Crippen molar-refractivity contribution in [3.05, 3.63) is 83.7 Å². The molecule has 0 spiro atoms. The van der Waals surface area contributed by atoms with E-state index >= 15 is 0 Å². The summed E-state index contributed by atoms with van der Waals surface area (Å²) >= 11 is 0. The van der Waals surface area contributed by atoms with Gasteiger partial charge in [0.05, 0.1) is 6.61 Å². The van der Waals surface area contributed by atoms with Gasteiger partial charge in [0.2, 0.25) is 0 Å². The zero-order chi connectivity index (χ0) is 17.6. The van der Waals surface area contributed by atoms with E-state index in [2.05, 4.69) is 25.3 Å². The van der Waals surface area contributed by atoms with Crippen molar-refractivity contribution in [2.75, 3.05) is 6.61 Å². The fourth-order valence-corrected chi connectivity index (χ4v) is 3.13. The van der Waals surface area contributed by atoms with Crippen LogP contribution >= 0.6 is 0 Å². The largest absolute Gasteiger partial charge is 0.461 e. The molecule has 0 aliphatic rings. The number of esters is 1. The Balaban J connectivity index is 2.14. The second-order valence-electron chi connectivity index (χ2n) is 5.93. The lowest BCUT2D eigenvalue weighted by Gasteiger charge is -2.11. The second kappa shape index (κ2) is 7.84. The van der Waals surface area contributed by atoms with Crippen molar-refractivity contribution in [2.24, 2.45) is 0 Å². The zero-order valence-corrected chi connectivity index (χ0v) is 14.7. The van der Waals surface area contributed by atoms with Gasteiger partial charge in [-0.3, -0.25) is 0 Å². The molecule has 1 heterocycles. The molecule has 25 heavy (non-hydrogen) atoms. The molecule has 128 valence electrons. The lowest BCUT2D eigenvalue weighted by Crippen LogP contribution is -2.13. The molecule has 0 bridgehead atoms. The third kappa shape index (κ3) is 3.66. The van der Waals surface area contributed by atoms with Crippen LogP contribution in [0.5, 0.6) is 0 Å². The van der Waals surface area contributed by atoms with E-state index in [1.54, 1.807) is 0 Å². The number of hydrogen-bond acceptors (Lipinski definition) is 2. The number of carbonyl (C=O) groups excluding carboxylic acids is 1. The fraction of sp³-hybridized carbons (Fsp3) is 0.227. The molecule has 2 aromatic carbocycles. The number of nitrogens with zero attached hydrogens (tertiary/aromatic N) is 1. The normalized spacial score (nSPS) is 10.6. The molecule has 1 aromatic heterocycles. The van der Waals surface area contributed by atoms with Gasteiger partial charge < -0.3 is 9.30 Å². The van der Waals surface area contributed by atoms with Crippen LogP contribution in [0.4, 0.5) is 0 Å². The number of ether oxygens (including phenoxy) is 1. The first kappa shape index (κ1) is 17.0. The third-order valence-corrected chi connectivity index (χ3v) is 4.26. The maximum atomic E-state index is 12.7. The fourth-order valence-electron chi connectivity index (χ4n) is 3.13. The van der Waals surface area contributed by atoms with Gasteiger partial charge in [-0.2, -0.15) is 0 Å². The van der Waals surface area contributed by atoms with E-state index < -0.39 is 0 Å². The molecule has 0 atom stereocenters. The van der Waals surface area contributed by atoms with Crippen LogP contribution in [0, 0.1) is 0 Å². The van der Waals surface area contributed by atoms with Crippen LogP contribution < -0.4 is 0 Å². The molecule has 0 fully saturated rings. The van der Waals surface area contributed by atoms with Crippen LogP contribution in [0.3, 0.4) is 0 Å². The van der Waals surface area contributed by atoms with Crippen molar-refractivity contribution >= 4 is 5.97 Å². The maximum Gasteiger partial charge on any atom is 0.355 e. The summed E-state index contributed by atoms with van der Waals surface area (Å²) in [5, 5.41) is 0. The number of aryl methyl sites for hydroxylation is 1. The summed E-state index contributed by atoms with van der Waals surface area (Å²) in [6.45, 7) is 4.97. The quantitative estimate of drug-likeness (QED) is 0.598. The molecule has 0 aliphatic carbocycles. The van der Waals surface area contributed by atoms with Crippen LogP contribution in [0.1, 0.15) is 35.5 Å². The van der Waals surface area contributed by atoms with E-state index in [9.17, 15) is 4.79 Å². The van der Waals surface area contributed by atoms with Crippen molar-refractivity contribution in [3.8, 4) is 11.1 Å². The Kier molecular flexibility index (Phi) is 5.34. The molecular weight excluding hydrogens is 310 g/mol. The molecule has 0 saturated heterocycles. The molecule has 0 amide bonds. The predicted octanol–water partition coefficient (Wildman–Crippen LogP) is 4.94. The van der Waals surface area contributed by atoms with Gasteiger partial charge >= 0.3 is 5.97 Å². The van der Waals surface area contributed by atoms with E-state index in [1.807, 2.05) is 60.0 Å². The van der Waals surface area contributed by atoms with Gasteiger partial charge in [-0.1, -0.05) is 67.6 Å². The van der Waals surface area contributed by atoms with Crippen LogP contribution in [-0.4, -0.2) is 17.1 Å². The van der Waals surface area contributed by atoms with E-state index in [0.717, 1.165) is 28.7 Å². The van der Waals surface area contributed by atoms with Crippen LogP contribution in [0.15, 0.2) is 66.9 Å². The summed E-state index contributed by atoms with van der Waals surface area (Å²) in [6.07, 6.45) is 2.94. The molecule has 0 N–H and O–H groups in total. The molecule has 3 aromatic rings.